The number of rotatable bonds is 3. The van der Waals surface area contributed by atoms with Gasteiger partial charge in [0, 0.05) is 5.39 Å². The van der Waals surface area contributed by atoms with Gasteiger partial charge < -0.3 is 0 Å². The molecule has 0 fully saturated rings. The Hall–Kier alpha value is -2.41. The first-order valence-electron chi connectivity index (χ1n) is 5.96. The third kappa shape index (κ3) is 2.23. The number of aromatic amines is 1. The third-order valence-corrected chi connectivity index (χ3v) is 4.25. The second-order valence-corrected chi connectivity index (χ2v) is 5.98. The average Bonchev–Trinajstić information content (AvgIpc) is 2.82. The van der Waals surface area contributed by atoms with Crippen molar-refractivity contribution in [1.82, 2.24) is 15.2 Å². The maximum absolute atomic E-state index is 12.4. The third-order valence-electron chi connectivity index (χ3n) is 2.86. The van der Waals surface area contributed by atoms with Gasteiger partial charge in [-0.2, -0.15) is 4.98 Å². The van der Waals surface area contributed by atoms with Gasteiger partial charge in [-0.15, -0.1) is 5.10 Å². The van der Waals surface area contributed by atoms with Crippen LogP contribution in [-0.2, 0) is 10.0 Å². The minimum Gasteiger partial charge on any atom is -0.261 e. The molecule has 0 amide bonds. The minimum absolute atomic E-state index is 0.0374. The fraction of sp³-hybridized carbons (Fsp3) is 0.0769. The number of aryl methyl sites for hydroxylation is 1. The van der Waals surface area contributed by atoms with Crippen LogP contribution in [0.4, 0.5) is 5.95 Å². The number of fused-ring (bicyclic) bond motifs is 1. The van der Waals surface area contributed by atoms with Gasteiger partial charge in [0.1, 0.15) is 5.82 Å². The predicted octanol–water partition coefficient (Wildman–Crippen LogP) is 2.07. The van der Waals surface area contributed by atoms with Gasteiger partial charge in [0.2, 0.25) is 0 Å². The lowest BCUT2D eigenvalue weighted by atomic mass is 10.1. The fourth-order valence-corrected chi connectivity index (χ4v) is 3.17. The number of anilines is 1. The van der Waals surface area contributed by atoms with Crippen molar-refractivity contribution in [2.24, 2.45) is 0 Å². The van der Waals surface area contributed by atoms with Crippen molar-refractivity contribution in [2.45, 2.75) is 11.8 Å². The fourth-order valence-electron chi connectivity index (χ4n) is 1.99. The Morgan fingerprint density at radius 1 is 1.10 bits per heavy atom. The van der Waals surface area contributed by atoms with E-state index in [1.165, 1.54) is 0 Å². The summed E-state index contributed by atoms with van der Waals surface area (Å²) in [5.41, 5.74) is 0. The average molecular weight is 288 g/mol. The van der Waals surface area contributed by atoms with Crippen LogP contribution in [0.25, 0.3) is 10.8 Å². The summed E-state index contributed by atoms with van der Waals surface area (Å²) in [6.07, 6.45) is 0. The van der Waals surface area contributed by atoms with E-state index in [0.29, 0.717) is 11.2 Å². The van der Waals surface area contributed by atoms with Gasteiger partial charge in [0.25, 0.3) is 16.0 Å². The number of nitrogens with zero attached hydrogens (tertiary/aromatic N) is 2. The molecule has 0 unspecified atom stereocenters. The maximum Gasteiger partial charge on any atom is 0.264 e. The molecule has 2 aromatic carbocycles. The topological polar surface area (TPSA) is 87.7 Å². The summed E-state index contributed by atoms with van der Waals surface area (Å²) in [6.45, 7) is 1.70. The quantitative estimate of drug-likeness (QED) is 0.772. The van der Waals surface area contributed by atoms with Gasteiger partial charge in [-0.3, -0.25) is 5.10 Å². The molecule has 2 N–H and O–H groups in total. The largest absolute Gasteiger partial charge is 0.264 e. The maximum atomic E-state index is 12.4. The molecule has 0 saturated heterocycles. The number of nitrogens with one attached hydrogen (secondary N) is 2. The highest BCUT2D eigenvalue weighted by Crippen LogP contribution is 2.23. The molecular weight excluding hydrogens is 276 g/mol. The summed E-state index contributed by atoms with van der Waals surface area (Å²) in [4.78, 5) is 4.15. The zero-order chi connectivity index (χ0) is 14.2. The van der Waals surface area contributed by atoms with E-state index in [1.807, 2.05) is 18.2 Å². The molecule has 1 heterocycles. The molecule has 6 nitrogen and oxygen atoms in total. The van der Waals surface area contributed by atoms with Crippen LogP contribution in [0.2, 0.25) is 0 Å². The number of H-pyrrole nitrogens is 1. The lowest BCUT2D eigenvalue weighted by molar-refractivity contribution is 0.601. The minimum atomic E-state index is -3.72. The highest BCUT2D eigenvalue weighted by molar-refractivity contribution is 7.93. The summed E-state index contributed by atoms with van der Waals surface area (Å²) in [5, 5.41) is 7.90. The molecule has 0 bridgehead atoms. The van der Waals surface area contributed by atoms with Crippen molar-refractivity contribution in [2.75, 3.05) is 4.72 Å². The molecule has 0 saturated carbocycles. The summed E-state index contributed by atoms with van der Waals surface area (Å²) in [7, 11) is -3.72. The van der Waals surface area contributed by atoms with Crippen LogP contribution in [0.3, 0.4) is 0 Å². The molecule has 102 valence electrons. The molecule has 0 aliphatic carbocycles. The molecule has 0 aliphatic rings. The zero-order valence-corrected chi connectivity index (χ0v) is 11.5. The highest BCUT2D eigenvalue weighted by atomic mass is 32.2. The molecule has 20 heavy (non-hydrogen) atoms. The first-order chi connectivity index (χ1) is 9.56. The van der Waals surface area contributed by atoms with Crippen molar-refractivity contribution in [3.8, 4) is 0 Å². The molecule has 0 spiro atoms. The summed E-state index contributed by atoms with van der Waals surface area (Å²) >= 11 is 0. The SMILES string of the molecule is Cc1nc(NS(=O)(=O)c2cccc3ccccc23)n[nH]1. The normalized spacial score (nSPS) is 11.7. The van der Waals surface area contributed by atoms with Crippen LogP contribution in [0.5, 0.6) is 0 Å². The van der Waals surface area contributed by atoms with Crippen LogP contribution in [0, 0.1) is 6.92 Å². The number of aromatic nitrogens is 3. The van der Waals surface area contributed by atoms with E-state index in [0.717, 1.165) is 5.39 Å². The van der Waals surface area contributed by atoms with Gasteiger partial charge >= 0.3 is 0 Å². The molecule has 0 radical (unpaired) electrons. The van der Waals surface area contributed by atoms with Gasteiger partial charge in [0.15, 0.2) is 0 Å². The zero-order valence-electron chi connectivity index (χ0n) is 10.7. The van der Waals surface area contributed by atoms with E-state index in [1.54, 1.807) is 31.2 Å². The van der Waals surface area contributed by atoms with Crippen LogP contribution in [0.15, 0.2) is 47.4 Å². The molecule has 3 aromatic rings. The van der Waals surface area contributed by atoms with E-state index < -0.39 is 10.0 Å². The van der Waals surface area contributed by atoms with E-state index in [2.05, 4.69) is 19.9 Å². The van der Waals surface area contributed by atoms with Gasteiger partial charge in [-0.25, -0.2) is 13.1 Å². The summed E-state index contributed by atoms with van der Waals surface area (Å²) < 4.78 is 27.2. The molecule has 7 heteroatoms. The standard InChI is InChI=1S/C13H12N4O2S/c1-9-14-13(16-15-9)17-20(18,19)12-8-4-6-10-5-2-3-7-11(10)12/h2-8H,1H3,(H2,14,15,16,17). The molecule has 1 aromatic heterocycles. The Bertz CT molecular complexity index is 865. The van der Waals surface area contributed by atoms with Crippen molar-refractivity contribution in [3.05, 3.63) is 48.3 Å². The van der Waals surface area contributed by atoms with Gasteiger partial charge in [-0.1, -0.05) is 36.4 Å². The van der Waals surface area contributed by atoms with Gasteiger partial charge in [-0.05, 0) is 18.4 Å². The second-order valence-electron chi connectivity index (χ2n) is 4.33. The highest BCUT2D eigenvalue weighted by Gasteiger charge is 2.18. The van der Waals surface area contributed by atoms with Gasteiger partial charge in [0.05, 0.1) is 4.90 Å². The second kappa shape index (κ2) is 4.61. The van der Waals surface area contributed by atoms with Crippen molar-refractivity contribution in [1.29, 1.82) is 0 Å². The van der Waals surface area contributed by atoms with E-state index in [-0.39, 0.29) is 10.8 Å². The Kier molecular flexibility index (Phi) is 2.90. The molecular formula is C13H12N4O2S. The number of hydrogen-bond donors (Lipinski definition) is 2. The van der Waals surface area contributed by atoms with E-state index >= 15 is 0 Å². The molecule has 3 rings (SSSR count). The smallest absolute Gasteiger partial charge is 0.261 e. The number of benzene rings is 2. The Labute approximate surface area is 115 Å². The van der Waals surface area contributed by atoms with E-state index in [9.17, 15) is 8.42 Å². The first kappa shape index (κ1) is 12.6. The summed E-state index contributed by atoms with van der Waals surface area (Å²) in [6, 6.07) is 12.4. The Balaban J connectivity index is 2.09. The molecule has 0 atom stereocenters. The van der Waals surface area contributed by atoms with Crippen molar-refractivity contribution >= 4 is 26.7 Å². The van der Waals surface area contributed by atoms with Crippen LogP contribution >= 0.6 is 0 Å². The number of sulfonamides is 1. The molecule has 0 aliphatic heterocycles. The van der Waals surface area contributed by atoms with Crippen LogP contribution < -0.4 is 4.72 Å². The Morgan fingerprint density at radius 2 is 1.85 bits per heavy atom. The Morgan fingerprint density at radius 3 is 2.60 bits per heavy atom. The monoisotopic (exact) mass is 288 g/mol. The van der Waals surface area contributed by atoms with E-state index in [4.69, 9.17) is 0 Å². The predicted molar refractivity (Wildman–Crippen MR) is 75.9 cm³/mol. The lowest BCUT2D eigenvalue weighted by Crippen LogP contribution is -2.14. The van der Waals surface area contributed by atoms with Crippen LogP contribution in [-0.4, -0.2) is 23.6 Å². The van der Waals surface area contributed by atoms with Crippen molar-refractivity contribution in [3.63, 3.8) is 0 Å². The lowest BCUT2D eigenvalue weighted by Gasteiger charge is -2.07. The van der Waals surface area contributed by atoms with Crippen LogP contribution in [0.1, 0.15) is 5.82 Å². The van der Waals surface area contributed by atoms with Crippen molar-refractivity contribution < 1.29 is 8.42 Å². The number of hydrogen-bond acceptors (Lipinski definition) is 4. The summed E-state index contributed by atoms with van der Waals surface area (Å²) in [5.74, 6) is 0.580. The first-order valence-corrected chi connectivity index (χ1v) is 7.44.